The van der Waals surface area contributed by atoms with Gasteiger partial charge in [0.05, 0.1) is 5.56 Å². The Kier molecular flexibility index (Phi) is 8.30. The number of piperazine rings is 1. The molecule has 2 aromatic rings. The fraction of sp³-hybridized carbons (Fsp3) is 0.286. The molecule has 1 aliphatic rings. The first-order valence-corrected chi connectivity index (χ1v) is 9.37. The Balaban J connectivity index is 0.000000534. The third kappa shape index (κ3) is 7.05. The van der Waals surface area contributed by atoms with E-state index in [0.717, 1.165) is 6.07 Å². The maximum absolute atomic E-state index is 13.1. The summed E-state index contributed by atoms with van der Waals surface area (Å²) in [6, 6.07) is 10.9. The predicted molar refractivity (Wildman–Crippen MR) is 104 cm³/mol. The van der Waals surface area contributed by atoms with Crippen molar-refractivity contribution in [3.8, 4) is 0 Å². The average Bonchev–Trinajstić information content (AvgIpc) is 2.74. The van der Waals surface area contributed by atoms with Crippen molar-refractivity contribution in [1.29, 1.82) is 0 Å². The minimum Gasteiger partial charge on any atom is -0.473 e. The second-order valence-corrected chi connectivity index (χ2v) is 6.84. The van der Waals surface area contributed by atoms with Crippen molar-refractivity contribution in [2.75, 3.05) is 26.2 Å². The number of hydrogen-bond donors (Lipinski definition) is 2. The van der Waals surface area contributed by atoms with Gasteiger partial charge in [0.25, 0.3) is 5.91 Å². The minimum absolute atomic E-state index is 0.189. The number of carboxylic acids is 2. The summed E-state index contributed by atoms with van der Waals surface area (Å²) in [6.07, 6.45) is -4.38. The van der Waals surface area contributed by atoms with Gasteiger partial charge in [0.15, 0.2) is 0 Å². The first-order chi connectivity index (χ1) is 15.0. The fourth-order valence-electron chi connectivity index (χ4n) is 3.06. The normalized spacial score (nSPS) is 14.3. The molecule has 0 bridgehead atoms. The van der Waals surface area contributed by atoms with Crippen molar-refractivity contribution in [3.05, 3.63) is 71.0 Å². The van der Waals surface area contributed by atoms with Gasteiger partial charge in [-0.1, -0.05) is 18.2 Å². The Bertz CT molecular complexity index is 943. The number of carbonyl (C=O) groups is 3. The van der Waals surface area contributed by atoms with Crippen molar-refractivity contribution >= 4 is 17.8 Å². The van der Waals surface area contributed by atoms with Crippen LogP contribution in [0.1, 0.15) is 21.5 Å². The van der Waals surface area contributed by atoms with E-state index < -0.39 is 29.5 Å². The second-order valence-electron chi connectivity index (χ2n) is 6.84. The summed E-state index contributed by atoms with van der Waals surface area (Å²) in [5.74, 6) is -4.25. The quantitative estimate of drug-likeness (QED) is 0.545. The van der Waals surface area contributed by atoms with Crippen LogP contribution in [0.15, 0.2) is 48.5 Å². The number of halogens is 4. The molecule has 0 unspecified atom stereocenters. The molecule has 1 heterocycles. The third-order valence-electron chi connectivity index (χ3n) is 4.65. The van der Waals surface area contributed by atoms with Crippen molar-refractivity contribution in [2.24, 2.45) is 0 Å². The average molecular weight is 456 g/mol. The molecule has 0 atom stereocenters. The minimum atomic E-state index is -4.38. The molecular formula is C21H20F4N2O5. The maximum Gasteiger partial charge on any atom is 0.416 e. The first kappa shape index (κ1) is 24.8. The van der Waals surface area contributed by atoms with Gasteiger partial charge in [-0.15, -0.1) is 0 Å². The maximum atomic E-state index is 13.1. The molecule has 1 aliphatic heterocycles. The summed E-state index contributed by atoms with van der Waals surface area (Å²) in [5, 5.41) is 14.8. The van der Waals surface area contributed by atoms with E-state index in [1.165, 1.54) is 36.4 Å². The summed E-state index contributed by atoms with van der Waals surface area (Å²) in [5.41, 5.74) is 0.0189. The lowest BCUT2D eigenvalue weighted by Gasteiger charge is -2.35. The number of alkyl halides is 3. The van der Waals surface area contributed by atoms with Crippen LogP contribution in [0.4, 0.5) is 17.6 Å². The standard InChI is InChI=1S/C19H18F4N2O.C2H2O4/c20-16-7-5-14(6-8-16)18(26)25-11-9-24(10-12-25)13-15-3-1-2-4-17(15)19(21,22)23;3-1(4)2(5)6/h1-8H,9-13H2;(H,3,4)(H,5,6). The monoisotopic (exact) mass is 456 g/mol. The Morgan fingerprint density at radius 3 is 1.88 bits per heavy atom. The Labute approximate surface area is 180 Å². The summed E-state index contributed by atoms with van der Waals surface area (Å²) in [4.78, 5) is 34.1. The van der Waals surface area contributed by atoms with Crippen LogP contribution < -0.4 is 0 Å². The molecule has 2 N–H and O–H groups in total. The number of carbonyl (C=O) groups excluding carboxylic acids is 1. The highest BCUT2D eigenvalue weighted by Crippen LogP contribution is 2.32. The van der Waals surface area contributed by atoms with Gasteiger partial charge in [0.1, 0.15) is 5.82 Å². The summed E-state index contributed by atoms with van der Waals surface area (Å²) < 4.78 is 52.2. The molecule has 0 radical (unpaired) electrons. The van der Waals surface area contributed by atoms with Crippen LogP contribution in [0.25, 0.3) is 0 Å². The molecule has 0 aliphatic carbocycles. The van der Waals surface area contributed by atoms with Crippen LogP contribution in [0.5, 0.6) is 0 Å². The lowest BCUT2D eigenvalue weighted by molar-refractivity contribution is -0.159. The molecule has 1 saturated heterocycles. The number of nitrogens with zero attached hydrogens (tertiary/aromatic N) is 2. The van der Waals surface area contributed by atoms with Crippen molar-refractivity contribution < 1.29 is 42.2 Å². The number of carboxylic acid groups (broad SMARTS) is 2. The van der Waals surface area contributed by atoms with E-state index in [2.05, 4.69) is 0 Å². The molecule has 172 valence electrons. The Hall–Kier alpha value is -3.47. The van der Waals surface area contributed by atoms with Gasteiger partial charge in [-0.05, 0) is 35.9 Å². The summed E-state index contributed by atoms with van der Waals surface area (Å²) in [6.45, 7) is 2.00. The van der Waals surface area contributed by atoms with Crippen LogP contribution in [0.2, 0.25) is 0 Å². The van der Waals surface area contributed by atoms with Crippen molar-refractivity contribution in [3.63, 3.8) is 0 Å². The topological polar surface area (TPSA) is 98.1 Å². The largest absolute Gasteiger partial charge is 0.473 e. The van der Waals surface area contributed by atoms with Crippen LogP contribution in [-0.2, 0) is 22.3 Å². The predicted octanol–water partition coefficient (Wildman–Crippen LogP) is 2.96. The molecule has 0 saturated carbocycles. The molecular weight excluding hydrogens is 436 g/mol. The Morgan fingerprint density at radius 1 is 0.844 bits per heavy atom. The molecule has 0 spiro atoms. The molecule has 7 nitrogen and oxygen atoms in total. The van der Waals surface area contributed by atoms with Gasteiger partial charge in [0, 0.05) is 38.3 Å². The van der Waals surface area contributed by atoms with Crippen LogP contribution >= 0.6 is 0 Å². The lowest BCUT2D eigenvalue weighted by Crippen LogP contribution is -2.48. The molecule has 11 heteroatoms. The SMILES string of the molecule is O=C(O)C(=O)O.O=C(c1ccc(F)cc1)N1CCN(Cc2ccccc2C(F)(F)F)CC1. The number of hydrogen-bond acceptors (Lipinski definition) is 4. The molecule has 1 amide bonds. The van der Waals surface area contributed by atoms with Gasteiger partial charge in [-0.3, -0.25) is 9.69 Å². The van der Waals surface area contributed by atoms with Gasteiger partial charge in [0.2, 0.25) is 0 Å². The summed E-state index contributed by atoms with van der Waals surface area (Å²) in [7, 11) is 0. The van der Waals surface area contributed by atoms with Crippen LogP contribution in [0.3, 0.4) is 0 Å². The highest BCUT2D eigenvalue weighted by molar-refractivity contribution is 6.27. The molecule has 1 fully saturated rings. The molecule has 32 heavy (non-hydrogen) atoms. The number of aliphatic carboxylic acids is 2. The van der Waals surface area contributed by atoms with E-state index in [1.54, 1.807) is 11.0 Å². The van der Waals surface area contributed by atoms with E-state index in [1.807, 2.05) is 4.90 Å². The highest BCUT2D eigenvalue weighted by atomic mass is 19.4. The van der Waals surface area contributed by atoms with Crippen LogP contribution in [0, 0.1) is 5.82 Å². The van der Waals surface area contributed by atoms with Crippen LogP contribution in [-0.4, -0.2) is 64.0 Å². The summed E-state index contributed by atoms with van der Waals surface area (Å²) >= 11 is 0. The van der Waals surface area contributed by atoms with Gasteiger partial charge in [-0.2, -0.15) is 13.2 Å². The van der Waals surface area contributed by atoms with Gasteiger partial charge in [-0.25, -0.2) is 14.0 Å². The Morgan fingerprint density at radius 2 is 1.38 bits per heavy atom. The zero-order chi connectivity index (χ0) is 23.9. The van der Waals surface area contributed by atoms with E-state index in [-0.39, 0.29) is 18.0 Å². The van der Waals surface area contributed by atoms with Gasteiger partial charge < -0.3 is 15.1 Å². The smallest absolute Gasteiger partial charge is 0.416 e. The highest BCUT2D eigenvalue weighted by Gasteiger charge is 2.33. The van der Waals surface area contributed by atoms with E-state index in [4.69, 9.17) is 19.8 Å². The van der Waals surface area contributed by atoms with E-state index >= 15 is 0 Å². The number of amides is 1. The van der Waals surface area contributed by atoms with E-state index in [0.29, 0.717) is 31.7 Å². The lowest BCUT2D eigenvalue weighted by atomic mass is 10.1. The first-order valence-electron chi connectivity index (χ1n) is 9.37. The third-order valence-corrected chi connectivity index (χ3v) is 4.65. The van der Waals surface area contributed by atoms with E-state index in [9.17, 15) is 22.4 Å². The number of rotatable bonds is 3. The molecule has 0 aromatic heterocycles. The fourth-order valence-corrected chi connectivity index (χ4v) is 3.06. The zero-order valence-corrected chi connectivity index (χ0v) is 16.7. The number of benzene rings is 2. The zero-order valence-electron chi connectivity index (χ0n) is 16.7. The molecule has 3 rings (SSSR count). The van der Waals surface area contributed by atoms with Crippen molar-refractivity contribution in [1.82, 2.24) is 9.80 Å². The van der Waals surface area contributed by atoms with Gasteiger partial charge >= 0.3 is 18.1 Å². The molecule has 2 aromatic carbocycles. The second kappa shape index (κ2) is 10.7. The van der Waals surface area contributed by atoms with Crippen molar-refractivity contribution in [2.45, 2.75) is 12.7 Å².